The Labute approximate surface area is 133 Å². The Morgan fingerprint density at radius 2 is 1.90 bits per heavy atom. The summed E-state index contributed by atoms with van der Waals surface area (Å²) in [6, 6.07) is -0.454. The first-order valence-corrected chi connectivity index (χ1v) is 7.87. The van der Waals surface area contributed by atoms with Gasteiger partial charge in [-0.3, -0.25) is 4.79 Å². The number of carbonyl (C=O) groups is 1. The third-order valence-electron chi connectivity index (χ3n) is 4.30. The van der Waals surface area contributed by atoms with Crippen LogP contribution in [0.3, 0.4) is 0 Å². The predicted molar refractivity (Wildman–Crippen MR) is 84.3 cm³/mol. The van der Waals surface area contributed by atoms with Crippen LogP contribution in [0.2, 0.25) is 0 Å². The Morgan fingerprint density at radius 1 is 1.29 bits per heavy atom. The predicted octanol–water partition coefficient (Wildman–Crippen LogP) is 1.97. The second-order valence-electron chi connectivity index (χ2n) is 6.39. The zero-order valence-corrected chi connectivity index (χ0v) is 13.9. The smallest absolute Gasteiger partial charge is 0.237 e. The molecule has 2 atom stereocenters. The highest BCUT2D eigenvalue weighted by atomic mass is 35.5. The zero-order chi connectivity index (χ0) is 14.6. The molecule has 6 heteroatoms. The number of amides is 1. The number of carbonyl (C=O) groups excluding carboxylic acids is 1. The normalized spacial score (nSPS) is 26.2. The number of halogens is 1. The van der Waals surface area contributed by atoms with E-state index in [1.807, 2.05) is 13.8 Å². The molecular weight excluding hydrogens is 292 g/mol. The van der Waals surface area contributed by atoms with Crippen LogP contribution in [0.15, 0.2) is 0 Å². The second-order valence-corrected chi connectivity index (χ2v) is 6.39. The quantitative estimate of drug-likeness (QED) is 0.830. The van der Waals surface area contributed by atoms with Gasteiger partial charge in [0.1, 0.15) is 6.10 Å². The molecule has 1 aliphatic carbocycles. The number of nitrogens with one attached hydrogen (secondary N) is 1. The molecule has 0 aromatic carbocycles. The van der Waals surface area contributed by atoms with Crippen molar-refractivity contribution in [3.8, 4) is 0 Å². The summed E-state index contributed by atoms with van der Waals surface area (Å²) in [7, 11) is 0. The monoisotopic (exact) mass is 320 g/mol. The molecule has 0 aromatic rings. The van der Waals surface area contributed by atoms with Crippen molar-refractivity contribution < 1.29 is 14.3 Å². The minimum Gasteiger partial charge on any atom is -0.352 e. The van der Waals surface area contributed by atoms with E-state index in [1.165, 1.54) is 12.8 Å². The van der Waals surface area contributed by atoms with E-state index in [-0.39, 0.29) is 36.1 Å². The molecule has 0 aromatic heterocycles. The van der Waals surface area contributed by atoms with E-state index in [0.29, 0.717) is 13.2 Å². The SMILES string of the molecule is CC(C)[C@H](N)C(=O)NCC1COC2(CCCCCC2)O1.Cl. The van der Waals surface area contributed by atoms with Crippen LogP contribution in [0.5, 0.6) is 0 Å². The number of ether oxygens (including phenoxy) is 2. The van der Waals surface area contributed by atoms with Gasteiger partial charge in [0.2, 0.25) is 5.91 Å². The van der Waals surface area contributed by atoms with Crippen molar-refractivity contribution in [2.45, 2.75) is 70.3 Å². The average Bonchev–Trinajstić information content (AvgIpc) is 2.67. The molecule has 1 amide bonds. The standard InChI is InChI=1S/C15H28N2O3.ClH/c1-11(2)13(16)14(18)17-9-12-10-19-15(20-12)7-5-3-4-6-8-15;/h11-13H,3-10,16H2,1-2H3,(H,17,18);1H/t12?,13-;/m0./s1. The summed E-state index contributed by atoms with van der Waals surface area (Å²) in [6.45, 7) is 4.94. The number of hydrogen-bond donors (Lipinski definition) is 2. The molecule has 5 nitrogen and oxygen atoms in total. The average molecular weight is 321 g/mol. The lowest BCUT2D eigenvalue weighted by Crippen LogP contribution is -2.46. The maximum Gasteiger partial charge on any atom is 0.237 e. The van der Waals surface area contributed by atoms with Gasteiger partial charge >= 0.3 is 0 Å². The van der Waals surface area contributed by atoms with Crippen molar-refractivity contribution in [2.75, 3.05) is 13.2 Å². The molecule has 2 rings (SSSR count). The van der Waals surface area contributed by atoms with E-state index in [1.54, 1.807) is 0 Å². The third-order valence-corrected chi connectivity index (χ3v) is 4.30. The number of rotatable bonds is 4. The molecule has 2 aliphatic rings. The Kier molecular flexibility index (Phi) is 7.40. The van der Waals surface area contributed by atoms with E-state index in [2.05, 4.69) is 5.32 Å². The molecule has 124 valence electrons. The van der Waals surface area contributed by atoms with Crippen LogP contribution >= 0.6 is 12.4 Å². The maximum absolute atomic E-state index is 11.8. The van der Waals surface area contributed by atoms with Crippen molar-refractivity contribution in [1.82, 2.24) is 5.32 Å². The molecule has 0 bridgehead atoms. The fourth-order valence-electron chi connectivity index (χ4n) is 2.88. The lowest BCUT2D eigenvalue weighted by Gasteiger charge is -2.26. The van der Waals surface area contributed by atoms with Gasteiger partial charge in [0.05, 0.1) is 12.6 Å². The van der Waals surface area contributed by atoms with Crippen LogP contribution in [0.4, 0.5) is 0 Å². The topological polar surface area (TPSA) is 73.6 Å². The Hall–Kier alpha value is -0.360. The molecule has 1 heterocycles. The second kappa shape index (κ2) is 8.32. The fraction of sp³-hybridized carbons (Fsp3) is 0.933. The van der Waals surface area contributed by atoms with Gasteiger partial charge in [-0.1, -0.05) is 26.7 Å². The molecule has 3 N–H and O–H groups in total. The highest BCUT2D eigenvalue weighted by molar-refractivity contribution is 5.85. The first-order valence-electron chi connectivity index (χ1n) is 7.87. The largest absolute Gasteiger partial charge is 0.352 e. The van der Waals surface area contributed by atoms with Crippen molar-refractivity contribution in [1.29, 1.82) is 0 Å². The van der Waals surface area contributed by atoms with E-state index in [0.717, 1.165) is 25.7 Å². The van der Waals surface area contributed by atoms with Crippen LogP contribution in [0.1, 0.15) is 52.4 Å². The van der Waals surface area contributed by atoms with Gasteiger partial charge in [-0.15, -0.1) is 12.4 Å². The summed E-state index contributed by atoms with van der Waals surface area (Å²) in [5, 5.41) is 2.87. The summed E-state index contributed by atoms with van der Waals surface area (Å²) in [4.78, 5) is 11.8. The highest BCUT2D eigenvalue weighted by Gasteiger charge is 2.41. The van der Waals surface area contributed by atoms with E-state index in [9.17, 15) is 4.79 Å². The van der Waals surface area contributed by atoms with Crippen molar-refractivity contribution in [3.05, 3.63) is 0 Å². The summed E-state index contributed by atoms with van der Waals surface area (Å²) in [6.07, 6.45) is 6.76. The van der Waals surface area contributed by atoms with E-state index < -0.39 is 6.04 Å². The Bertz CT molecular complexity index is 331. The minimum atomic E-state index is -0.454. The van der Waals surface area contributed by atoms with Crippen LogP contribution in [-0.2, 0) is 14.3 Å². The maximum atomic E-state index is 11.8. The molecule has 21 heavy (non-hydrogen) atoms. The van der Waals surface area contributed by atoms with Gasteiger partial charge < -0.3 is 20.5 Å². The highest BCUT2D eigenvalue weighted by Crippen LogP contribution is 2.36. The number of nitrogens with two attached hydrogens (primary N) is 1. The molecule has 1 saturated carbocycles. The Balaban J connectivity index is 0.00000220. The van der Waals surface area contributed by atoms with Crippen molar-refractivity contribution in [2.24, 2.45) is 11.7 Å². The minimum absolute atomic E-state index is 0. The first-order chi connectivity index (χ1) is 9.52. The Morgan fingerprint density at radius 3 is 2.48 bits per heavy atom. The summed E-state index contributed by atoms with van der Waals surface area (Å²) < 4.78 is 12.0. The van der Waals surface area contributed by atoms with Gasteiger partial charge in [0, 0.05) is 19.4 Å². The van der Waals surface area contributed by atoms with Crippen molar-refractivity contribution >= 4 is 18.3 Å². The van der Waals surface area contributed by atoms with Crippen LogP contribution in [-0.4, -0.2) is 37.0 Å². The first kappa shape index (κ1) is 18.7. The van der Waals surface area contributed by atoms with Crippen LogP contribution in [0.25, 0.3) is 0 Å². The molecule has 0 radical (unpaired) electrons. The van der Waals surface area contributed by atoms with Gasteiger partial charge in [0.15, 0.2) is 5.79 Å². The lowest BCUT2D eigenvalue weighted by molar-refractivity contribution is -0.175. The molecule has 2 fully saturated rings. The van der Waals surface area contributed by atoms with Crippen LogP contribution in [0, 0.1) is 5.92 Å². The third kappa shape index (κ3) is 5.09. The summed E-state index contributed by atoms with van der Waals surface area (Å²) in [5.41, 5.74) is 5.82. The van der Waals surface area contributed by atoms with E-state index >= 15 is 0 Å². The van der Waals surface area contributed by atoms with Gasteiger partial charge in [-0.25, -0.2) is 0 Å². The summed E-state index contributed by atoms with van der Waals surface area (Å²) in [5.74, 6) is -0.346. The molecule has 1 spiro atoms. The number of hydrogen-bond acceptors (Lipinski definition) is 4. The van der Waals surface area contributed by atoms with Gasteiger partial charge in [-0.2, -0.15) is 0 Å². The van der Waals surface area contributed by atoms with Crippen molar-refractivity contribution in [3.63, 3.8) is 0 Å². The van der Waals surface area contributed by atoms with Gasteiger partial charge in [0.25, 0.3) is 0 Å². The molecule has 1 unspecified atom stereocenters. The van der Waals surface area contributed by atoms with Gasteiger partial charge in [-0.05, 0) is 18.8 Å². The molecule has 1 aliphatic heterocycles. The van der Waals surface area contributed by atoms with E-state index in [4.69, 9.17) is 15.2 Å². The lowest BCUT2D eigenvalue weighted by atomic mass is 10.1. The summed E-state index contributed by atoms with van der Waals surface area (Å²) >= 11 is 0. The fourth-order valence-corrected chi connectivity index (χ4v) is 2.88. The molecular formula is C15H29ClN2O3. The molecule has 1 saturated heterocycles. The van der Waals surface area contributed by atoms with Crippen LogP contribution < -0.4 is 11.1 Å². The zero-order valence-electron chi connectivity index (χ0n) is 13.1.